The Morgan fingerprint density at radius 1 is 1.32 bits per heavy atom. The number of fused-ring (bicyclic) bond motifs is 1. The Morgan fingerprint density at radius 3 is 2.91 bits per heavy atom. The molecule has 0 bridgehead atoms. The van der Waals surface area contributed by atoms with Crippen molar-refractivity contribution < 1.29 is 13.2 Å². The normalized spacial score (nSPS) is 17.8. The van der Waals surface area contributed by atoms with E-state index < -0.39 is 10.0 Å². The minimum absolute atomic E-state index is 0.00550. The SMILES string of the molecule is NS(=O)(=O)c1cccc(NC(=O)C2CCc3sccc3C2)c1. The van der Waals surface area contributed by atoms with Crippen LogP contribution in [0.2, 0.25) is 0 Å². The second kappa shape index (κ2) is 5.83. The van der Waals surface area contributed by atoms with Gasteiger partial charge in [0.15, 0.2) is 0 Å². The van der Waals surface area contributed by atoms with Crippen molar-refractivity contribution in [3.8, 4) is 0 Å². The van der Waals surface area contributed by atoms with Crippen molar-refractivity contribution in [3.05, 3.63) is 46.2 Å². The molecule has 5 nitrogen and oxygen atoms in total. The molecule has 1 aliphatic rings. The van der Waals surface area contributed by atoms with E-state index in [1.54, 1.807) is 23.5 Å². The Bertz CT molecular complexity index is 812. The van der Waals surface area contributed by atoms with Crippen LogP contribution < -0.4 is 10.5 Å². The van der Waals surface area contributed by atoms with Gasteiger partial charge in [0.25, 0.3) is 0 Å². The molecule has 1 aliphatic carbocycles. The third-order valence-corrected chi connectivity index (χ3v) is 5.76. The van der Waals surface area contributed by atoms with E-state index >= 15 is 0 Å². The number of amides is 1. The number of carbonyl (C=O) groups is 1. The average molecular weight is 336 g/mol. The topological polar surface area (TPSA) is 89.3 Å². The number of anilines is 1. The molecule has 0 aliphatic heterocycles. The van der Waals surface area contributed by atoms with Gasteiger partial charge in [-0.05, 0) is 54.5 Å². The number of hydrogen-bond donors (Lipinski definition) is 2. The van der Waals surface area contributed by atoms with Crippen molar-refractivity contribution in [1.82, 2.24) is 0 Å². The van der Waals surface area contributed by atoms with Gasteiger partial charge in [-0.1, -0.05) is 6.07 Å². The quantitative estimate of drug-likeness (QED) is 0.900. The van der Waals surface area contributed by atoms with Crippen LogP contribution in [0.1, 0.15) is 16.9 Å². The lowest BCUT2D eigenvalue weighted by atomic mass is 9.88. The first-order valence-corrected chi connectivity index (χ1v) is 9.35. The fourth-order valence-corrected chi connectivity index (χ4v) is 4.15. The van der Waals surface area contributed by atoms with E-state index in [2.05, 4.69) is 16.8 Å². The summed E-state index contributed by atoms with van der Waals surface area (Å²) in [6, 6.07) is 8.08. The number of primary sulfonamides is 1. The predicted octanol–water partition coefficient (Wildman–Crippen LogP) is 2.14. The van der Waals surface area contributed by atoms with E-state index in [1.165, 1.54) is 22.6 Å². The molecule has 1 unspecified atom stereocenters. The highest BCUT2D eigenvalue weighted by molar-refractivity contribution is 7.89. The van der Waals surface area contributed by atoms with Gasteiger partial charge in [-0.25, -0.2) is 13.6 Å². The maximum atomic E-state index is 12.4. The largest absolute Gasteiger partial charge is 0.326 e. The molecule has 116 valence electrons. The molecule has 1 atom stereocenters. The lowest BCUT2D eigenvalue weighted by Crippen LogP contribution is -2.27. The summed E-state index contributed by atoms with van der Waals surface area (Å²) in [7, 11) is -3.77. The summed E-state index contributed by atoms with van der Waals surface area (Å²) in [6.45, 7) is 0. The van der Waals surface area contributed by atoms with Crippen molar-refractivity contribution in [2.75, 3.05) is 5.32 Å². The summed E-state index contributed by atoms with van der Waals surface area (Å²) in [5.41, 5.74) is 1.70. The summed E-state index contributed by atoms with van der Waals surface area (Å²) in [5.74, 6) is -0.163. The van der Waals surface area contributed by atoms with Gasteiger partial charge < -0.3 is 5.32 Å². The molecule has 0 saturated carbocycles. The van der Waals surface area contributed by atoms with Crippen molar-refractivity contribution >= 4 is 33.0 Å². The number of hydrogen-bond acceptors (Lipinski definition) is 4. The molecule has 1 amide bonds. The van der Waals surface area contributed by atoms with Gasteiger partial charge in [-0.2, -0.15) is 0 Å². The van der Waals surface area contributed by atoms with E-state index in [4.69, 9.17) is 5.14 Å². The zero-order chi connectivity index (χ0) is 15.7. The zero-order valence-electron chi connectivity index (χ0n) is 11.8. The molecule has 0 saturated heterocycles. The van der Waals surface area contributed by atoms with E-state index in [1.807, 2.05) is 0 Å². The van der Waals surface area contributed by atoms with Crippen molar-refractivity contribution in [2.24, 2.45) is 11.1 Å². The molecular formula is C15H16N2O3S2. The molecule has 1 heterocycles. The first-order valence-electron chi connectivity index (χ1n) is 6.92. The Labute approximate surface area is 133 Å². The lowest BCUT2D eigenvalue weighted by Gasteiger charge is -2.21. The lowest BCUT2D eigenvalue weighted by molar-refractivity contribution is -0.120. The van der Waals surface area contributed by atoms with E-state index in [9.17, 15) is 13.2 Å². The van der Waals surface area contributed by atoms with Gasteiger partial charge in [0, 0.05) is 16.5 Å². The van der Waals surface area contributed by atoms with Gasteiger partial charge in [0.1, 0.15) is 0 Å². The fourth-order valence-electron chi connectivity index (χ4n) is 2.66. The van der Waals surface area contributed by atoms with Gasteiger partial charge in [0.2, 0.25) is 15.9 Å². The highest BCUT2D eigenvalue weighted by Gasteiger charge is 2.25. The standard InChI is InChI=1S/C15H16N2O3S2/c16-22(19,20)13-3-1-2-12(9-13)17-15(18)11-4-5-14-10(8-11)6-7-21-14/h1-3,6-7,9,11H,4-5,8H2,(H,17,18)(H2,16,19,20). The van der Waals surface area contributed by atoms with E-state index in [-0.39, 0.29) is 16.7 Å². The van der Waals surface area contributed by atoms with E-state index in [0.29, 0.717) is 5.69 Å². The van der Waals surface area contributed by atoms with Crippen LogP contribution in [0.4, 0.5) is 5.69 Å². The Balaban J connectivity index is 1.73. The molecule has 22 heavy (non-hydrogen) atoms. The summed E-state index contributed by atoms with van der Waals surface area (Å²) in [4.78, 5) is 13.7. The molecule has 3 N–H and O–H groups in total. The number of thiophene rings is 1. The van der Waals surface area contributed by atoms with Crippen LogP contribution in [0.25, 0.3) is 0 Å². The molecule has 2 aromatic rings. The number of nitrogens with two attached hydrogens (primary N) is 1. The third kappa shape index (κ3) is 3.21. The highest BCUT2D eigenvalue weighted by Crippen LogP contribution is 2.30. The van der Waals surface area contributed by atoms with Crippen LogP contribution in [-0.4, -0.2) is 14.3 Å². The van der Waals surface area contributed by atoms with Crippen molar-refractivity contribution in [2.45, 2.75) is 24.2 Å². The number of aryl methyl sites for hydroxylation is 1. The van der Waals surface area contributed by atoms with Gasteiger partial charge in [-0.3, -0.25) is 4.79 Å². The zero-order valence-corrected chi connectivity index (χ0v) is 13.4. The summed E-state index contributed by atoms with van der Waals surface area (Å²) >= 11 is 1.74. The summed E-state index contributed by atoms with van der Waals surface area (Å²) in [5, 5.41) is 9.95. The highest BCUT2D eigenvalue weighted by atomic mass is 32.2. The number of sulfonamides is 1. The molecule has 7 heteroatoms. The molecule has 1 aromatic heterocycles. The Morgan fingerprint density at radius 2 is 2.14 bits per heavy atom. The molecular weight excluding hydrogens is 320 g/mol. The average Bonchev–Trinajstić information content (AvgIpc) is 2.94. The maximum Gasteiger partial charge on any atom is 0.238 e. The monoisotopic (exact) mass is 336 g/mol. The van der Waals surface area contributed by atoms with E-state index in [0.717, 1.165) is 19.3 Å². The molecule has 0 radical (unpaired) electrons. The smallest absolute Gasteiger partial charge is 0.238 e. The molecule has 1 aromatic carbocycles. The minimum atomic E-state index is -3.77. The fraction of sp³-hybridized carbons (Fsp3) is 0.267. The van der Waals surface area contributed by atoms with Crippen LogP contribution in [0, 0.1) is 5.92 Å². The number of carbonyl (C=O) groups excluding carboxylic acids is 1. The van der Waals surface area contributed by atoms with Crippen molar-refractivity contribution in [1.29, 1.82) is 0 Å². The van der Waals surface area contributed by atoms with Crippen LogP contribution >= 0.6 is 11.3 Å². The number of nitrogens with one attached hydrogen (secondary N) is 1. The second-order valence-corrected chi connectivity index (χ2v) is 7.93. The molecule has 0 spiro atoms. The minimum Gasteiger partial charge on any atom is -0.326 e. The summed E-state index contributed by atoms with van der Waals surface area (Å²) < 4.78 is 22.7. The number of rotatable bonds is 3. The molecule has 0 fully saturated rings. The van der Waals surface area contributed by atoms with Gasteiger partial charge in [0.05, 0.1) is 4.90 Å². The van der Waals surface area contributed by atoms with Crippen LogP contribution in [0.5, 0.6) is 0 Å². The van der Waals surface area contributed by atoms with Gasteiger partial charge >= 0.3 is 0 Å². The van der Waals surface area contributed by atoms with Crippen LogP contribution in [0.3, 0.4) is 0 Å². The van der Waals surface area contributed by atoms with Crippen LogP contribution in [-0.2, 0) is 27.7 Å². The summed E-state index contributed by atoms with van der Waals surface area (Å²) in [6.07, 6.45) is 2.47. The predicted molar refractivity (Wildman–Crippen MR) is 86.3 cm³/mol. The van der Waals surface area contributed by atoms with Crippen LogP contribution in [0.15, 0.2) is 40.6 Å². The number of benzene rings is 1. The Kier molecular flexibility index (Phi) is 4.03. The van der Waals surface area contributed by atoms with Crippen molar-refractivity contribution in [3.63, 3.8) is 0 Å². The van der Waals surface area contributed by atoms with Gasteiger partial charge in [-0.15, -0.1) is 11.3 Å². The third-order valence-electron chi connectivity index (χ3n) is 3.82. The first kappa shape index (κ1) is 15.2. The maximum absolute atomic E-state index is 12.4. The Hall–Kier alpha value is -1.70. The second-order valence-electron chi connectivity index (χ2n) is 5.37. The first-order chi connectivity index (χ1) is 10.4. The molecule has 3 rings (SSSR count).